The predicted molar refractivity (Wildman–Crippen MR) is 91.6 cm³/mol. The lowest BCUT2D eigenvalue weighted by Crippen LogP contribution is -2.42. The second kappa shape index (κ2) is 6.59. The first-order valence-electron chi connectivity index (χ1n) is 8.66. The van der Waals surface area contributed by atoms with Crippen molar-refractivity contribution in [3.63, 3.8) is 0 Å². The van der Waals surface area contributed by atoms with Crippen molar-refractivity contribution < 1.29 is 17.9 Å². The van der Waals surface area contributed by atoms with Crippen molar-refractivity contribution in [3.8, 4) is 0 Å². The Morgan fingerprint density at radius 1 is 1.00 bits per heavy atom. The van der Waals surface area contributed by atoms with Gasteiger partial charge in [0, 0.05) is 19.0 Å². The van der Waals surface area contributed by atoms with Crippen molar-refractivity contribution >= 4 is 16.1 Å². The summed E-state index contributed by atoms with van der Waals surface area (Å²) in [6.45, 7) is 2.40. The number of sulfonamides is 1. The minimum atomic E-state index is -3.36. The molecule has 130 valence electrons. The summed E-state index contributed by atoms with van der Waals surface area (Å²) >= 11 is 0. The van der Waals surface area contributed by atoms with Crippen LogP contribution in [-0.4, -0.2) is 45.3 Å². The van der Waals surface area contributed by atoms with Crippen LogP contribution in [-0.2, 0) is 25.9 Å². The van der Waals surface area contributed by atoms with Crippen LogP contribution in [0.25, 0.3) is 6.08 Å². The molecule has 0 bridgehead atoms. The van der Waals surface area contributed by atoms with Gasteiger partial charge in [-0.25, -0.2) is 8.42 Å². The van der Waals surface area contributed by atoms with Crippen LogP contribution >= 0.6 is 0 Å². The maximum Gasteiger partial charge on any atom is 0.239 e. The normalized spacial score (nSPS) is 23.9. The number of hydrogen-bond acceptors (Lipinski definition) is 4. The molecule has 0 amide bonds. The van der Waals surface area contributed by atoms with Crippen molar-refractivity contribution in [2.75, 3.05) is 26.3 Å². The Hall–Kier alpha value is -1.21. The van der Waals surface area contributed by atoms with Gasteiger partial charge in [0.15, 0.2) is 6.29 Å². The maximum atomic E-state index is 13.0. The molecule has 0 aromatic heterocycles. The number of ether oxygens (including phenoxy) is 2. The van der Waals surface area contributed by atoms with Crippen molar-refractivity contribution in [2.45, 2.75) is 32.0 Å². The number of nitrogens with zero attached hydrogens (tertiary/aromatic N) is 1. The van der Waals surface area contributed by atoms with Crippen molar-refractivity contribution in [1.29, 1.82) is 0 Å². The van der Waals surface area contributed by atoms with Gasteiger partial charge in [-0.2, -0.15) is 4.31 Å². The first-order chi connectivity index (χ1) is 11.6. The molecule has 2 fully saturated rings. The van der Waals surface area contributed by atoms with Crippen LogP contribution < -0.4 is 0 Å². The first-order valence-corrected chi connectivity index (χ1v) is 10.1. The Morgan fingerprint density at radius 2 is 1.71 bits per heavy atom. The van der Waals surface area contributed by atoms with Crippen LogP contribution in [0.2, 0.25) is 0 Å². The molecule has 0 N–H and O–H groups in total. The summed E-state index contributed by atoms with van der Waals surface area (Å²) in [5.74, 6) is 0.306. The average Bonchev–Trinajstić information content (AvgIpc) is 3.16. The van der Waals surface area contributed by atoms with E-state index < -0.39 is 10.0 Å². The molecule has 1 aromatic rings. The highest BCUT2D eigenvalue weighted by Gasteiger charge is 2.36. The lowest BCUT2D eigenvalue weighted by molar-refractivity contribution is -0.0937. The van der Waals surface area contributed by atoms with Crippen LogP contribution in [0.15, 0.2) is 29.2 Å². The third-order valence-electron chi connectivity index (χ3n) is 5.21. The fourth-order valence-electron chi connectivity index (χ4n) is 3.81. The minimum Gasteiger partial charge on any atom is -0.350 e. The molecule has 0 saturated carbocycles. The molecule has 0 radical (unpaired) electrons. The highest BCUT2D eigenvalue weighted by atomic mass is 32.2. The standard InChI is InChI=1S/C18H23NO4S/c20-24(21,17-6-5-14-3-1-2-4-16(14)13-17)19-9-7-15(8-10-19)18-22-11-12-23-18/h1-4,13,15,18H,5-12H2. The number of aryl methyl sites for hydroxylation is 1. The van der Waals surface area contributed by atoms with Crippen LogP contribution in [0.5, 0.6) is 0 Å². The Labute approximate surface area is 143 Å². The van der Waals surface area contributed by atoms with Gasteiger partial charge in [-0.1, -0.05) is 24.3 Å². The SMILES string of the molecule is O=S(=O)(C1=Cc2ccccc2CC1)N1CCC(C2OCCO2)CC1. The van der Waals surface area contributed by atoms with E-state index in [1.165, 1.54) is 5.56 Å². The second-order valence-electron chi connectivity index (χ2n) is 6.66. The summed E-state index contributed by atoms with van der Waals surface area (Å²) in [6, 6.07) is 8.02. The molecule has 1 aromatic carbocycles. The summed E-state index contributed by atoms with van der Waals surface area (Å²) in [5, 5.41) is 0. The lowest BCUT2D eigenvalue weighted by atomic mass is 9.97. The third kappa shape index (κ3) is 3.04. The van der Waals surface area contributed by atoms with E-state index in [2.05, 4.69) is 6.07 Å². The topological polar surface area (TPSA) is 55.8 Å². The molecule has 3 aliphatic rings. The molecule has 24 heavy (non-hydrogen) atoms. The van der Waals surface area contributed by atoms with Crippen LogP contribution in [0.1, 0.15) is 30.4 Å². The van der Waals surface area contributed by atoms with Crippen LogP contribution in [0.3, 0.4) is 0 Å². The molecule has 5 nitrogen and oxygen atoms in total. The summed E-state index contributed by atoms with van der Waals surface area (Å²) in [7, 11) is -3.36. The molecule has 2 aliphatic heterocycles. The molecular weight excluding hydrogens is 326 g/mol. The molecule has 1 aliphatic carbocycles. The molecule has 0 spiro atoms. The van der Waals surface area contributed by atoms with Gasteiger partial charge in [-0.05, 0) is 42.9 Å². The van der Waals surface area contributed by atoms with Crippen molar-refractivity contribution in [1.82, 2.24) is 4.31 Å². The predicted octanol–water partition coefficient (Wildman–Crippen LogP) is 2.39. The molecule has 2 saturated heterocycles. The summed E-state index contributed by atoms with van der Waals surface area (Å²) < 4.78 is 38.7. The fourth-order valence-corrected chi connectivity index (χ4v) is 5.47. The highest BCUT2D eigenvalue weighted by molar-refractivity contribution is 7.93. The lowest BCUT2D eigenvalue weighted by Gasteiger charge is -2.34. The molecule has 6 heteroatoms. The Bertz CT molecular complexity index is 729. The molecular formula is C18H23NO4S. The molecule has 0 atom stereocenters. The minimum absolute atomic E-state index is 0.143. The van der Waals surface area contributed by atoms with Crippen molar-refractivity contribution in [3.05, 3.63) is 40.3 Å². The van der Waals surface area contributed by atoms with Gasteiger partial charge in [0.05, 0.1) is 18.1 Å². The number of rotatable bonds is 3. The summed E-state index contributed by atoms with van der Waals surface area (Å²) in [4.78, 5) is 0.549. The zero-order valence-corrected chi connectivity index (χ0v) is 14.5. The Kier molecular flexibility index (Phi) is 4.47. The van der Waals surface area contributed by atoms with Gasteiger partial charge < -0.3 is 9.47 Å². The second-order valence-corrected chi connectivity index (χ2v) is 8.65. The molecule has 0 unspecified atom stereocenters. The zero-order valence-electron chi connectivity index (χ0n) is 13.7. The Morgan fingerprint density at radius 3 is 2.46 bits per heavy atom. The Balaban J connectivity index is 1.47. The number of hydrogen-bond donors (Lipinski definition) is 0. The van der Waals surface area contributed by atoms with E-state index in [4.69, 9.17) is 9.47 Å². The fraction of sp³-hybridized carbons (Fsp3) is 0.556. The third-order valence-corrected chi connectivity index (χ3v) is 7.24. The largest absolute Gasteiger partial charge is 0.350 e. The van der Waals surface area contributed by atoms with Gasteiger partial charge in [-0.3, -0.25) is 0 Å². The maximum absolute atomic E-state index is 13.0. The molecule has 2 heterocycles. The number of allylic oxidation sites excluding steroid dienone is 1. The quantitative estimate of drug-likeness (QED) is 0.841. The van der Waals surface area contributed by atoms with E-state index in [0.29, 0.717) is 43.5 Å². The number of benzene rings is 1. The number of piperidine rings is 1. The van der Waals surface area contributed by atoms with E-state index in [0.717, 1.165) is 24.8 Å². The van der Waals surface area contributed by atoms with E-state index in [1.807, 2.05) is 24.3 Å². The summed E-state index contributed by atoms with van der Waals surface area (Å²) in [6.07, 6.45) is 4.69. The summed E-state index contributed by atoms with van der Waals surface area (Å²) in [5.41, 5.74) is 2.26. The van der Waals surface area contributed by atoms with E-state index in [-0.39, 0.29) is 6.29 Å². The van der Waals surface area contributed by atoms with Crippen LogP contribution in [0.4, 0.5) is 0 Å². The van der Waals surface area contributed by atoms with E-state index in [9.17, 15) is 8.42 Å². The number of fused-ring (bicyclic) bond motifs is 1. The van der Waals surface area contributed by atoms with Gasteiger partial charge in [0.2, 0.25) is 10.0 Å². The van der Waals surface area contributed by atoms with Gasteiger partial charge >= 0.3 is 0 Å². The van der Waals surface area contributed by atoms with E-state index in [1.54, 1.807) is 4.31 Å². The zero-order chi connectivity index (χ0) is 16.6. The smallest absolute Gasteiger partial charge is 0.239 e. The van der Waals surface area contributed by atoms with E-state index >= 15 is 0 Å². The van der Waals surface area contributed by atoms with Gasteiger partial charge in [0.1, 0.15) is 0 Å². The van der Waals surface area contributed by atoms with Gasteiger partial charge in [-0.15, -0.1) is 0 Å². The molecule has 4 rings (SSSR count). The van der Waals surface area contributed by atoms with Gasteiger partial charge in [0.25, 0.3) is 0 Å². The average molecular weight is 349 g/mol. The van der Waals surface area contributed by atoms with Crippen molar-refractivity contribution in [2.24, 2.45) is 5.92 Å². The highest BCUT2D eigenvalue weighted by Crippen LogP contribution is 2.32. The van der Waals surface area contributed by atoms with Crippen LogP contribution in [0, 0.1) is 5.92 Å². The first kappa shape index (κ1) is 16.3. The monoisotopic (exact) mass is 349 g/mol.